The lowest BCUT2D eigenvalue weighted by molar-refractivity contribution is -0.152. The van der Waals surface area contributed by atoms with E-state index >= 15 is 0 Å². The Balaban J connectivity index is 1.82. The van der Waals surface area contributed by atoms with E-state index in [4.69, 9.17) is 14.2 Å². The van der Waals surface area contributed by atoms with Gasteiger partial charge >= 0.3 is 5.97 Å². The Labute approximate surface area is 171 Å². The summed E-state index contributed by atoms with van der Waals surface area (Å²) in [6.07, 6.45) is 3.03. The van der Waals surface area contributed by atoms with Crippen molar-refractivity contribution in [2.75, 3.05) is 32.9 Å². The molecule has 8 heteroatoms. The summed E-state index contributed by atoms with van der Waals surface area (Å²) in [4.78, 5) is 38.1. The molecule has 0 spiro atoms. The van der Waals surface area contributed by atoms with Gasteiger partial charge in [0.2, 0.25) is 0 Å². The summed E-state index contributed by atoms with van der Waals surface area (Å²) in [7, 11) is 0. The number of ether oxygens (including phenoxy) is 3. The molecule has 1 N–H and O–H groups in total. The zero-order valence-corrected chi connectivity index (χ0v) is 17.4. The maximum absolute atomic E-state index is 12.3. The number of hydrogen-bond donors (Lipinski definition) is 1. The van der Waals surface area contributed by atoms with Crippen LogP contribution in [0.1, 0.15) is 50.4 Å². The summed E-state index contributed by atoms with van der Waals surface area (Å²) >= 11 is 0. The van der Waals surface area contributed by atoms with Crippen LogP contribution in [0.3, 0.4) is 0 Å². The van der Waals surface area contributed by atoms with E-state index in [1.165, 1.54) is 0 Å². The number of carbonyl (C=O) groups excluding carboxylic acids is 3. The topological polar surface area (TPSA) is 94.2 Å². The maximum Gasteiger partial charge on any atom is 0.325 e. The average molecular weight is 406 g/mol. The first-order valence-corrected chi connectivity index (χ1v) is 10.1. The van der Waals surface area contributed by atoms with Crippen molar-refractivity contribution >= 4 is 17.8 Å². The molecule has 1 aromatic carbocycles. The average Bonchev–Trinajstić information content (AvgIpc) is 2.72. The molecular weight excluding hydrogens is 376 g/mol. The molecule has 1 aromatic rings. The molecule has 0 saturated carbocycles. The largest absolute Gasteiger partial charge is 0.490 e. The third kappa shape index (κ3) is 6.66. The number of nitrogens with one attached hydrogen (secondary N) is 1. The molecule has 0 bridgehead atoms. The molecule has 1 aliphatic heterocycles. The van der Waals surface area contributed by atoms with E-state index in [1.54, 1.807) is 23.1 Å². The number of benzene rings is 1. The van der Waals surface area contributed by atoms with E-state index in [1.807, 2.05) is 20.8 Å². The Bertz CT molecular complexity index is 721. The lowest BCUT2D eigenvalue weighted by atomic mass is 10.0. The number of piperidine rings is 1. The van der Waals surface area contributed by atoms with Crippen molar-refractivity contribution in [1.82, 2.24) is 10.2 Å². The van der Waals surface area contributed by atoms with Gasteiger partial charge < -0.3 is 24.4 Å². The molecule has 0 aromatic heterocycles. The summed E-state index contributed by atoms with van der Waals surface area (Å²) in [6, 6.07) is 4.97. The van der Waals surface area contributed by atoms with Crippen molar-refractivity contribution < 1.29 is 28.6 Å². The third-order valence-corrected chi connectivity index (χ3v) is 4.68. The molecule has 0 radical (unpaired) electrons. The van der Waals surface area contributed by atoms with Crippen molar-refractivity contribution in [2.45, 2.75) is 46.1 Å². The van der Waals surface area contributed by atoms with Gasteiger partial charge in [-0.3, -0.25) is 14.4 Å². The molecule has 2 amide bonds. The van der Waals surface area contributed by atoms with Gasteiger partial charge in [-0.2, -0.15) is 0 Å². The smallest absolute Gasteiger partial charge is 0.325 e. The summed E-state index contributed by atoms with van der Waals surface area (Å²) in [5, 5.41) is 2.50. The number of rotatable bonds is 9. The Hall–Kier alpha value is -2.77. The quantitative estimate of drug-likeness (QED) is 0.632. The Morgan fingerprint density at radius 3 is 2.52 bits per heavy atom. The number of carbonyl (C=O) groups is 3. The van der Waals surface area contributed by atoms with Crippen LogP contribution in [0.4, 0.5) is 0 Å². The summed E-state index contributed by atoms with van der Waals surface area (Å²) in [5.74, 6) is -0.291. The molecule has 8 nitrogen and oxygen atoms in total. The summed E-state index contributed by atoms with van der Waals surface area (Å²) in [6.45, 7) is 6.66. The first-order chi connectivity index (χ1) is 14.0. The van der Waals surface area contributed by atoms with E-state index in [-0.39, 0.29) is 25.1 Å². The van der Waals surface area contributed by atoms with Crippen LogP contribution in [0.15, 0.2) is 18.2 Å². The molecule has 1 unspecified atom stereocenters. The number of hydrogen-bond acceptors (Lipinski definition) is 6. The third-order valence-electron chi connectivity index (χ3n) is 4.68. The predicted octanol–water partition coefficient (Wildman–Crippen LogP) is 2.16. The minimum absolute atomic E-state index is 0.161. The molecule has 1 fully saturated rings. The fraction of sp³-hybridized carbons (Fsp3) is 0.571. The van der Waals surface area contributed by atoms with Gasteiger partial charge in [0.15, 0.2) is 18.1 Å². The van der Waals surface area contributed by atoms with Gasteiger partial charge in [0.05, 0.1) is 13.2 Å². The van der Waals surface area contributed by atoms with Crippen LogP contribution in [-0.4, -0.2) is 61.6 Å². The fourth-order valence-electron chi connectivity index (χ4n) is 3.19. The van der Waals surface area contributed by atoms with E-state index in [2.05, 4.69) is 5.32 Å². The normalized spacial score (nSPS) is 16.1. The molecule has 1 heterocycles. The van der Waals surface area contributed by atoms with E-state index in [0.717, 1.165) is 19.3 Å². The van der Waals surface area contributed by atoms with Crippen molar-refractivity contribution in [3.05, 3.63) is 23.8 Å². The van der Waals surface area contributed by atoms with Crippen molar-refractivity contribution in [2.24, 2.45) is 0 Å². The monoisotopic (exact) mass is 406 g/mol. The molecule has 2 rings (SSSR count). The Kier molecular flexibility index (Phi) is 8.76. The second-order valence-electron chi connectivity index (χ2n) is 6.80. The molecule has 1 saturated heterocycles. The standard InChI is InChI=1S/C21H30N2O6/c1-4-27-17-10-9-16(12-18(17)28-5-2)21(26)22-13-20(25)29-14-19(24)23-11-7-6-8-15(23)3/h9-10,12,15H,4-8,11,13-14H2,1-3H3,(H,22,26). The Morgan fingerprint density at radius 2 is 1.83 bits per heavy atom. The van der Waals surface area contributed by atoms with Gasteiger partial charge in [-0.1, -0.05) is 0 Å². The van der Waals surface area contributed by atoms with E-state index in [9.17, 15) is 14.4 Å². The molecule has 160 valence electrons. The van der Waals surface area contributed by atoms with E-state index in [0.29, 0.717) is 36.8 Å². The fourth-order valence-corrected chi connectivity index (χ4v) is 3.19. The highest BCUT2D eigenvalue weighted by atomic mass is 16.5. The van der Waals surface area contributed by atoms with Gasteiger partial charge in [0, 0.05) is 18.2 Å². The second-order valence-corrected chi connectivity index (χ2v) is 6.80. The highest BCUT2D eigenvalue weighted by molar-refractivity contribution is 5.96. The molecular formula is C21H30N2O6. The lowest BCUT2D eigenvalue weighted by Gasteiger charge is -2.33. The van der Waals surface area contributed by atoms with Crippen molar-refractivity contribution in [1.29, 1.82) is 0 Å². The number of likely N-dealkylation sites (tertiary alicyclic amines) is 1. The molecule has 0 aliphatic carbocycles. The van der Waals surface area contributed by atoms with Crippen LogP contribution < -0.4 is 14.8 Å². The summed E-state index contributed by atoms with van der Waals surface area (Å²) < 4.78 is 16.0. The van der Waals surface area contributed by atoms with Gasteiger partial charge in [0.1, 0.15) is 6.54 Å². The van der Waals surface area contributed by atoms with Crippen LogP contribution in [0.5, 0.6) is 11.5 Å². The van der Waals surface area contributed by atoms with E-state index < -0.39 is 11.9 Å². The number of amides is 2. The van der Waals surface area contributed by atoms with Gasteiger partial charge in [-0.25, -0.2) is 0 Å². The van der Waals surface area contributed by atoms with Gasteiger partial charge in [0.25, 0.3) is 11.8 Å². The first kappa shape index (κ1) is 22.5. The highest BCUT2D eigenvalue weighted by Gasteiger charge is 2.24. The van der Waals surface area contributed by atoms with Crippen LogP contribution in [0.2, 0.25) is 0 Å². The zero-order chi connectivity index (χ0) is 21.2. The lowest BCUT2D eigenvalue weighted by Crippen LogP contribution is -2.44. The Morgan fingerprint density at radius 1 is 1.10 bits per heavy atom. The maximum atomic E-state index is 12.3. The minimum atomic E-state index is -0.660. The number of nitrogens with zero attached hydrogens (tertiary/aromatic N) is 1. The minimum Gasteiger partial charge on any atom is -0.490 e. The molecule has 1 aliphatic rings. The highest BCUT2D eigenvalue weighted by Crippen LogP contribution is 2.28. The van der Waals surface area contributed by atoms with Crippen LogP contribution in [-0.2, 0) is 14.3 Å². The van der Waals surface area contributed by atoms with Crippen LogP contribution in [0.25, 0.3) is 0 Å². The van der Waals surface area contributed by atoms with Gasteiger partial charge in [-0.05, 0) is 58.2 Å². The summed E-state index contributed by atoms with van der Waals surface area (Å²) in [5.41, 5.74) is 0.336. The first-order valence-electron chi connectivity index (χ1n) is 10.1. The second kappa shape index (κ2) is 11.3. The van der Waals surface area contributed by atoms with Gasteiger partial charge in [-0.15, -0.1) is 0 Å². The molecule has 29 heavy (non-hydrogen) atoms. The predicted molar refractivity (Wildman–Crippen MR) is 107 cm³/mol. The zero-order valence-electron chi connectivity index (χ0n) is 17.4. The number of esters is 1. The SMILES string of the molecule is CCOc1ccc(C(=O)NCC(=O)OCC(=O)N2CCCCC2C)cc1OCC. The van der Waals surface area contributed by atoms with Crippen molar-refractivity contribution in [3.63, 3.8) is 0 Å². The molecule has 1 atom stereocenters. The van der Waals surface area contributed by atoms with Crippen LogP contribution in [0, 0.1) is 0 Å². The van der Waals surface area contributed by atoms with Crippen LogP contribution >= 0.6 is 0 Å². The van der Waals surface area contributed by atoms with Crippen molar-refractivity contribution in [3.8, 4) is 11.5 Å².